The predicted molar refractivity (Wildman–Crippen MR) is 59.4 cm³/mol. The SMILES string of the molecule is CCOC(=O)/C=C\S(=O)(=O)c1ccccc1. The first-order valence-corrected chi connectivity index (χ1v) is 6.26. The third-order valence-electron chi connectivity index (χ3n) is 1.74. The van der Waals surface area contributed by atoms with Crippen molar-refractivity contribution in [2.24, 2.45) is 0 Å². The van der Waals surface area contributed by atoms with Crippen LogP contribution >= 0.6 is 0 Å². The second kappa shape index (κ2) is 5.46. The fraction of sp³-hybridized carbons (Fsp3) is 0.182. The molecule has 0 fully saturated rings. The van der Waals surface area contributed by atoms with Gasteiger partial charge in [0.1, 0.15) is 0 Å². The van der Waals surface area contributed by atoms with Gasteiger partial charge in [-0.3, -0.25) is 0 Å². The van der Waals surface area contributed by atoms with Gasteiger partial charge in [0, 0.05) is 11.5 Å². The van der Waals surface area contributed by atoms with Crippen molar-refractivity contribution in [2.75, 3.05) is 6.61 Å². The first kappa shape index (κ1) is 12.4. The van der Waals surface area contributed by atoms with Crippen molar-refractivity contribution in [3.05, 3.63) is 41.8 Å². The van der Waals surface area contributed by atoms with Gasteiger partial charge in [-0.25, -0.2) is 13.2 Å². The fourth-order valence-electron chi connectivity index (χ4n) is 1.02. The molecule has 0 radical (unpaired) electrons. The molecule has 0 spiro atoms. The van der Waals surface area contributed by atoms with E-state index in [1.165, 1.54) is 12.1 Å². The Hall–Kier alpha value is -1.62. The molecule has 0 amide bonds. The Kier molecular flexibility index (Phi) is 4.25. The van der Waals surface area contributed by atoms with E-state index >= 15 is 0 Å². The van der Waals surface area contributed by atoms with E-state index < -0.39 is 15.8 Å². The number of esters is 1. The van der Waals surface area contributed by atoms with Crippen LogP contribution in [0.2, 0.25) is 0 Å². The highest BCUT2D eigenvalue weighted by Crippen LogP contribution is 2.10. The standard InChI is InChI=1S/C11H12O4S/c1-2-15-11(12)8-9-16(13,14)10-6-4-3-5-7-10/h3-9H,2H2,1H3/b9-8-. The molecule has 0 aromatic heterocycles. The summed E-state index contributed by atoms with van der Waals surface area (Å²) in [5.74, 6) is -0.665. The summed E-state index contributed by atoms with van der Waals surface area (Å²) >= 11 is 0. The molecule has 0 atom stereocenters. The summed E-state index contributed by atoms with van der Waals surface area (Å²) in [5, 5.41) is 0.848. The van der Waals surface area contributed by atoms with E-state index in [2.05, 4.69) is 4.74 Å². The van der Waals surface area contributed by atoms with Crippen LogP contribution in [0.1, 0.15) is 6.92 Å². The molecule has 4 nitrogen and oxygen atoms in total. The number of carbonyl (C=O) groups excluding carboxylic acids is 1. The molecule has 5 heteroatoms. The van der Waals surface area contributed by atoms with Gasteiger partial charge in [0.15, 0.2) is 9.84 Å². The predicted octanol–water partition coefficient (Wildman–Crippen LogP) is 1.54. The number of sulfone groups is 1. The lowest BCUT2D eigenvalue weighted by atomic mass is 10.4. The van der Waals surface area contributed by atoms with E-state index in [1.54, 1.807) is 25.1 Å². The van der Waals surface area contributed by atoms with Crippen LogP contribution in [0.25, 0.3) is 0 Å². The molecule has 0 heterocycles. The molecule has 0 saturated carbocycles. The minimum atomic E-state index is -3.56. The molecule has 86 valence electrons. The van der Waals surface area contributed by atoms with Crippen LogP contribution in [0, 0.1) is 0 Å². The molecule has 0 aliphatic carbocycles. The Balaban J connectivity index is 2.85. The highest BCUT2D eigenvalue weighted by atomic mass is 32.2. The summed E-state index contributed by atoms with van der Waals surface area (Å²) in [6, 6.07) is 7.87. The summed E-state index contributed by atoms with van der Waals surface area (Å²) in [4.78, 5) is 11.1. The number of ether oxygens (including phenoxy) is 1. The zero-order chi connectivity index (χ0) is 12.0. The first-order chi connectivity index (χ1) is 7.56. The fourth-order valence-corrected chi connectivity index (χ4v) is 2.01. The van der Waals surface area contributed by atoms with Crippen molar-refractivity contribution in [1.82, 2.24) is 0 Å². The molecule has 0 aliphatic heterocycles. The average molecular weight is 240 g/mol. The third kappa shape index (κ3) is 3.51. The maximum absolute atomic E-state index is 11.6. The Labute approximate surface area is 94.5 Å². The maximum atomic E-state index is 11.6. The number of benzene rings is 1. The van der Waals surface area contributed by atoms with Gasteiger partial charge in [-0.2, -0.15) is 0 Å². The molecule has 0 unspecified atom stereocenters. The van der Waals surface area contributed by atoms with Crippen molar-refractivity contribution in [2.45, 2.75) is 11.8 Å². The molecule has 0 saturated heterocycles. The summed E-state index contributed by atoms with van der Waals surface area (Å²) in [5.41, 5.74) is 0. The summed E-state index contributed by atoms with van der Waals surface area (Å²) in [6.45, 7) is 1.87. The monoisotopic (exact) mass is 240 g/mol. The van der Waals surface area contributed by atoms with Crippen LogP contribution in [0.15, 0.2) is 46.7 Å². The Morgan fingerprint density at radius 3 is 2.50 bits per heavy atom. The second-order valence-electron chi connectivity index (χ2n) is 2.91. The van der Waals surface area contributed by atoms with Crippen LogP contribution in [0.3, 0.4) is 0 Å². The lowest BCUT2D eigenvalue weighted by Crippen LogP contribution is -2.02. The van der Waals surface area contributed by atoms with Crippen molar-refractivity contribution < 1.29 is 17.9 Å². The van der Waals surface area contributed by atoms with Crippen molar-refractivity contribution in [3.63, 3.8) is 0 Å². The number of hydrogen-bond donors (Lipinski definition) is 0. The Morgan fingerprint density at radius 2 is 1.94 bits per heavy atom. The largest absolute Gasteiger partial charge is 0.463 e. The van der Waals surface area contributed by atoms with E-state index in [1.807, 2.05) is 0 Å². The van der Waals surface area contributed by atoms with Crippen LogP contribution in [-0.2, 0) is 19.4 Å². The van der Waals surface area contributed by atoms with Gasteiger partial charge in [0.2, 0.25) is 0 Å². The molecule has 0 aliphatic rings. The zero-order valence-corrected chi connectivity index (χ0v) is 9.61. The molecule has 16 heavy (non-hydrogen) atoms. The van der Waals surface area contributed by atoms with Gasteiger partial charge >= 0.3 is 5.97 Å². The molecule has 0 bridgehead atoms. The molecule has 1 aromatic rings. The number of hydrogen-bond acceptors (Lipinski definition) is 4. The van der Waals surface area contributed by atoms with Crippen LogP contribution in [0.4, 0.5) is 0 Å². The zero-order valence-electron chi connectivity index (χ0n) is 8.79. The van der Waals surface area contributed by atoms with Crippen LogP contribution < -0.4 is 0 Å². The summed E-state index contributed by atoms with van der Waals surface area (Å²) in [7, 11) is -3.56. The van der Waals surface area contributed by atoms with Crippen LogP contribution in [-0.4, -0.2) is 21.0 Å². The van der Waals surface area contributed by atoms with Gasteiger partial charge in [0.25, 0.3) is 0 Å². The van der Waals surface area contributed by atoms with E-state index in [9.17, 15) is 13.2 Å². The highest BCUT2D eigenvalue weighted by Gasteiger charge is 2.09. The normalized spacial score (nSPS) is 11.6. The van der Waals surface area contributed by atoms with Crippen molar-refractivity contribution >= 4 is 15.8 Å². The summed E-state index contributed by atoms with van der Waals surface area (Å²) in [6.07, 6.45) is 0.909. The summed E-state index contributed by atoms with van der Waals surface area (Å²) < 4.78 is 27.9. The third-order valence-corrected chi connectivity index (χ3v) is 3.17. The lowest BCUT2D eigenvalue weighted by Gasteiger charge is -1.98. The highest BCUT2D eigenvalue weighted by molar-refractivity contribution is 7.94. The smallest absolute Gasteiger partial charge is 0.331 e. The second-order valence-corrected chi connectivity index (χ2v) is 4.75. The molecule has 1 aromatic carbocycles. The maximum Gasteiger partial charge on any atom is 0.331 e. The average Bonchev–Trinajstić information content (AvgIpc) is 2.28. The minimum absolute atomic E-state index is 0.149. The van der Waals surface area contributed by atoms with Crippen LogP contribution in [0.5, 0.6) is 0 Å². The Morgan fingerprint density at radius 1 is 1.31 bits per heavy atom. The molecular weight excluding hydrogens is 228 g/mol. The number of rotatable bonds is 4. The molecule has 1 rings (SSSR count). The van der Waals surface area contributed by atoms with Gasteiger partial charge in [-0.15, -0.1) is 0 Å². The van der Waals surface area contributed by atoms with E-state index in [4.69, 9.17) is 0 Å². The van der Waals surface area contributed by atoms with Gasteiger partial charge in [-0.05, 0) is 19.1 Å². The topological polar surface area (TPSA) is 60.4 Å². The van der Waals surface area contributed by atoms with Crippen molar-refractivity contribution in [3.8, 4) is 0 Å². The quantitative estimate of drug-likeness (QED) is 0.591. The van der Waals surface area contributed by atoms with Gasteiger partial charge in [0.05, 0.1) is 11.5 Å². The number of carbonyl (C=O) groups is 1. The van der Waals surface area contributed by atoms with E-state index in [0.29, 0.717) is 0 Å². The Bertz CT molecular complexity index is 474. The van der Waals surface area contributed by atoms with Gasteiger partial charge < -0.3 is 4.74 Å². The first-order valence-electron chi connectivity index (χ1n) is 4.71. The van der Waals surface area contributed by atoms with Gasteiger partial charge in [-0.1, -0.05) is 18.2 Å². The van der Waals surface area contributed by atoms with E-state index in [0.717, 1.165) is 11.5 Å². The van der Waals surface area contributed by atoms with E-state index in [-0.39, 0.29) is 11.5 Å². The molecule has 0 N–H and O–H groups in total. The molecular formula is C11H12O4S. The minimum Gasteiger partial charge on any atom is -0.463 e. The lowest BCUT2D eigenvalue weighted by molar-refractivity contribution is -0.137. The van der Waals surface area contributed by atoms with Crippen molar-refractivity contribution in [1.29, 1.82) is 0 Å².